The topological polar surface area (TPSA) is 132 Å². The summed E-state index contributed by atoms with van der Waals surface area (Å²) < 4.78 is 30.2. The second-order valence-electron chi connectivity index (χ2n) is 7.82. The second-order valence-corrected chi connectivity index (χ2v) is 9.51. The van der Waals surface area contributed by atoms with Crippen LogP contribution in [-0.2, 0) is 29.4 Å². The standard InChI is InChI=1S/C21H24N6O4S/c1-14-5-7-17(15(2)12-14)25-32(30,31)16-6-8-18(19(13-16)27(28)29)22-10-9-21-24-23-20-4-3-11-26(20)21/h5-8,12-13,22,25H,3-4,9-11H2,1-2H3. The summed E-state index contributed by atoms with van der Waals surface area (Å²) in [6.45, 7) is 5.01. The maximum absolute atomic E-state index is 12.8. The van der Waals surface area contributed by atoms with Crippen LogP contribution in [0.25, 0.3) is 0 Å². The molecule has 0 saturated carbocycles. The molecule has 0 atom stereocenters. The molecule has 2 aromatic carbocycles. The van der Waals surface area contributed by atoms with E-state index in [9.17, 15) is 18.5 Å². The van der Waals surface area contributed by atoms with Crippen molar-refractivity contribution in [3.05, 3.63) is 69.3 Å². The Kier molecular flexibility index (Phi) is 5.83. The van der Waals surface area contributed by atoms with Crippen molar-refractivity contribution < 1.29 is 13.3 Å². The lowest BCUT2D eigenvalue weighted by molar-refractivity contribution is -0.384. The number of fused-ring (bicyclic) bond motifs is 1. The highest BCUT2D eigenvalue weighted by molar-refractivity contribution is 7.92. The smallest absolute Gasteiger partial charge is 0.293 e. The highest BCUT2D eigenvalue weighted by Gasteiger charge is 2.22. The SMILES string of the molecule is Cc1ccc(NS(=O)(=O)c2ccc(NCCc3nnc4n3CCC4)c([N+](=O)[O-])c2)c(C)c1. The first-order valence-electron chi connectivity index (χ1n) is 10.3. The van der Waals surface area contributed by atoms with Gasteiger partial charge in [-0.15, -0.1) is 10.2 Å². The number of sulfonamides is 1. The van der Waals surface area contributed by atoms with Crippen molar-refractivity contribution in [2.24, 2.45) is 0 Å². The van der Waals surface area contributed by atoms with Crippen molar-refractivity contribution in [1.82, 2.24) is 14.8 Å². The molecule has 0 unspecified atom stereocenters. The van der Waals surface area contributed by atoms with Crippen molar-refractivity contribution in [1.29, 1.82) is 0 Å². The van der Waals surface area contributed by atoms with Gasteiger partial charge in [-0.25, -0.2) is 8.42 Å². The van der Waals surface area contributed by atoms with Crippen LogP contribution >= 0.6 is 0 Å². The van der Waals surface area contributed by atoms with Gasteiger partial charge in [0.15, 0.2) is 0 Å². The van der Waals surface area contributed by atoms with Crippen molar-refractivity contribution in [3.63, 3.8) is 0 Å². The molecule has 1 aliphatic heterocycles. The van der Waals surface area contributed by atoms with Crippen molar-refractivity contribution >= 4 is 27.1 Å². The summed E-state index contributed by atoms with van der Waals surface area (Å²) in [6, 6.07) is 9.18. The fourth-order valence-corrected chi connectivity index (χ4v) is 4.97. The first-order chi connectivity index (χ1) is 15.2. The van der Waals surface area contributed by atoms with Gasteiger partial charge in [0.2, 0.25) is 0 Å². The Balaban J connectivity index is 1.51. The largest absolute Gasteiger partial charge is 0.379 e. The molecule has 0 aliphatic carbocycles. The van der Waals surface area contributed by atoms with Gasteiger partial charge in [0, 0.05) is 32.0 Å². The van der Waals surface area contributed by atoms with Gasteiger partial charge in [0.05, 0.1) is 15.5 Å². The Morgan fingerprint density at radius 3 is 2.66 bits per heavy atom. The number of rotatable bonds is 8. The van der Waals surface area contributed by atoms with Gasteiger partial charge in [-0.3, -0.25) is 14.8 Å². The fraction of sp³-hybridized carbons (Fsp3) is 0.333. The number of hydrogen-bond acceptors (Lipinski definition) is 7. The van der Waals surface area contributed by atoms with Crippen molar-refractivity contribution in [3.8, 4) is 0 Å². The average Bonchev–Trinajstić information content (AvgIpc) is 3.35. The quantitative estimate of drug-likeness (QED) is 0.393. The summed E-state index contributed by atoms with van der Waals surface area (Å²) in [5.41, 5.74) is 2.15. The van der Waals surface area contributed by atoms with E-state index in [1.165, 1.54) is 12.1 Å². The minimum absolute atomic E-state index is 0.176. The highest BCUT2D eigenvalue weighted by Crippen LogP contribution is 2.29. The van der Waals surface area contributed by atoms with Crippen molar-refractivity contribution in [2.75, 3.05) is 16.6 Å². The molecule has 0 bridgehead atoms. The van der Waals surface area contributed by atoms with Crippen LogP contribution in [0.3, 0.4) is 0 Å². The minimum atomic E-state index is -3.99. The normalized spacial score (nSPS) is 13.1. The Labute approximate surface area is 185 Å². The van der Waals surface area contributed by atoms with E-state index in [0.717, 1.165) is 48.2 Å². The molecule has 2 N–H and O–H groups in total. The number of hydrogen-bond donors (Lipinski definition) is 2. The number of nitro benzene ring substituents is 1. The molecule has 0 amide bonds. The second kappa shape index (κ2) is 8.58. The predicted molar refractivity (Wildman–Crippen MR) is 120 cm³/mol. The van der Waals surface area contributed by atoms with Crippen LogP contribution in [0.4, 0.5) is 17.1 Å². The average molecular weight is 457 g/mol. The van der Waals surface area contributed by atoms with E-state index in [4.69, 9.17) is 0 Å². The number of nitrogens with zero attached hydrogens (tertiary/aromatic N) is 4. The molecule has 11 heteroatoms. The van der Waals surface area contributed by atoms with Crippen LogP contribution < -0.4 is 10.0 Å². The number of aromatic nitrogens is 3. The predicted octanol–water partition coefficient (Wildman–Crippen LogP) is 3.20. The molecule has 168 valence electrons. The van der Waals surface area contributed by atoms with Gasteiger partial charge in [0.1, 0.15) is 17.3 Å². The molecular formula is C21H24N6O4S. The Morgan fingerprint density at radius 1 is 1.12 bits per heavy atom. The number of nitro groups is 1. The zero-order valence-corrected chi connectivity index (χ0v) is 18.6. The van der Waals surface area contributed by atoms with E-state index in [1.807, 2.05) is 13.0 Å². The summed E-state index contributed by atoms with van der Waals surface area (Å²) in [6.07, 6.45) is 2.51. The molecule has 1 aliphatic rings. The summed E-state index contributed by atoms with van der Waals surface area (Å²) >= 11 is 0. The monoisotopic (exact) mass is 456 g/mol. The number of aryl methyl sites for hydroxylation is 3. The lowest BCUT2D eigenvalue weighted by Crippen LogP contribution is -2.15. The third kappa shape index (κ3) is 4.42. The molecule has 0 fully saturated rings. The van der Waals surface area contributed by atoms with Crippen LogP contribution in [0.5, 0.6) is 0 Å². The van der Waals surface area contributed by atoms with Gasteiger partial charge < -0.3 is 9.88 Å². The van der Waals surface area contributed by atoms with Crippen LogP contribution in [0.15, 0.2) is 41.3 Å². The summed E-state index contributed by atoms with van der Waals surface area (Å²) in [5, 5.41) is 23.0. The van der Waals surface area contributed by atoms with Gasteiger partial charge in [-0.2, -0.15) is 0 Å². The molecule has 32 heavy (non-hydrogen) atoms. The van der Waals surface area contributed by atoms with Crippen LogP contribution in [0, 0.1) is 24.0 Å². The molecule has 0 saturated heterocycles. The maximum Gasteiger partial charge on any atom is 0.293 e. The Bertz CT molecular complexity index is 1290. The molecule has 0 spiro atoms. The van der Waals surface area contributed by atoms with E-state index in [0.29, 0.717) is 18.7 Å². The summed E-state index contributed by atoms with van der Waals surface area (Å²) in [7, 11) is -3.99. The fourth-order valence-electron chi connectivity index (χ4n) is 3.82. The van der Waals surface area contributed by atoms with E-state index in [2.05, 4.69) is 24.8 Å². The van der Waals surface area contributed by atoms with Crippen LogP contribution in [-0.4, -0.2) is 34.7 Å². The Hall–Kier alpha value is -3.47. The van der Waals surface area contributed by atoms with Crippen molar-refractivity contribution in [2.45, 2.75) is 44.6 Å². The molecule has 2 heterocycles. The summed E-state index contributed by atoms with van der Waals surface area (Å²) in [4.78, 5) is 10.9. The lowest BCUT2D eigenvalue weighted by atomic mass is 10.1. The van der Waals surface area contributed by atoms with Crippen LogP contribution in [0.1, 0.15) is 29.2 Å². The van der Waals surface area contributed by atoms with Gasteiger partial charge in [-0.05, 0) is 44.0 Å². The number of nitrogens with one attached hydrogen (secondary N) is 2. The first-order valence-corrected chi connectivity index (χ1v) is 11.8. The van der Waals surface area contributed by atoms with Gasteiger partial charge in [0.25, 0.3) is 15.7 Å². The summed E-state index contributed by atoms with van der Waals surface area (Å²) in [5.74, 6) is 1.81. The number of anilines is 2. The third-order valence-corrected chi connectivity index (χ3v) is 6.82. The maximum atomic E-state index is 12.8. The van der Waals surface area contributed by atoms with E-state index >= 15 is 0 Å². The molecule has 0 radical (unpaired) electrons. The zero-order chi connectivity index (χ0) is 22.9. The number of benzene rings is 2. The lowest BCUT2D eigenvalue weighted by Gasteiger charge is -2.12. The Morgan fingerprint density at radius 2 is 1.91 bits per heavy atom. The van der Waals surface area contributed by atoms with E-state index < -0.39 is 14.9 Å². The van der Waals surface area contributed by atoms with E-state index in [1.54, 1.807) is 19.1 Å². The minimum Gasteiger partial charge on any atom is -0.379 e. The molecular weight excluding hydrogens is 432 g/mol. The van der Waals surface area contributed by atoms with Gasteiger partial charge >= 0.3 is 0 Å². The first kappa shape index (κ1) is 21.8. The van der Waals surface area contributed by atoms with Crippen LogP contribution in [0.2, 0.25) is 0 Å². The molecule has 10 nitrogen and oxygen atoms in total. The zero-order valence-electron chi connectivity index (χ0n) is 17.8. The molecule has 4 rings (SSSR count). The van der Waals surface area contributed by atoms with Gasteiger partial charge in [-0.1, -0.05) is 17.7 Å². The molecule has 3 aromatic rings. The molecule has 1 aromatic heterocycles. The highest BCUT2D eigenvalue weighted by atomic mass is 32.2. The third-order valence-electron chi connectivity index (χ3n) is 5.45. The van der Waals surface area contributed by atoms with E-state index in [-0.39, 0.29) is 16.3 Å².